The molecule has 0 heterocycles. The molecule has 0 bridgehead atoms. The Labute approximate surface area is 145 Å². The van der Waals surface area contributed by atoms with E-state index >= 15 is 0 Å². The lowest BCUT2D eigenvalue weighted by atomic mass is 10.3. The van der Waals surface area contributed by atoms with Gasteiger partial charge in [0.1, 0.15) is 5.75 Å². The van der Waals surface area contributed by atoms with Crippen LogP contribution in [0.5, 0.6) is 11.5 Å². The molecule has 1 N–H and O–H groups in total. The zero-order valence-corrected chi connectivity index (χ0v) is 13.4. The van der Waals surface area contributed by atoms with Crippen LogP contribution in [0.15, 0.2) is 42.5 Å². The number of nitrogens with one attached hydrogen (secondary N) is 1. The molecule has 0 spiro atoms. The second kappa shape index (κ2) is 7.63. The lowest BCUT2D eigenvalue weighted by Crippen LogP contribution is -2.22. The molecule has 0 aliphatic heterocycles. The number of hydrogen-bond acceptors (Lipinski definition) is 3. The van der Waals surface area contributed by atoms with Crippen LogP contribution in [0.25, 0.3) is 0 Å². The molecule has 24 heavy (non-hydrogen) atoms. The standard InChI is InChI=1S/C15H10Cl2F3NO3/c16-9-5-6-12(10(17)7-9)23-8-14(22)21-11-3-1-2-4-13(11)24-15(18,19)20/h1-7H,8H2,(H,21,22). The van der Waals surface area contributed by atoms with Crippen LogP contribution in [-0.4, -0.2) is 18.9 Å². The second-order valence-electron chi connectivity index (χ2n) is 4.46. The van der Waals surface area contributed by atoms with Gasteiger partial charge in [-0.05, 0) is 30.3 Å². The van der Waals surface area contributed by atoms with Gasteiger partial charge in [-0.1, -0.05) is 35.3 Å². The average Bonchev–Trinajstić information content (AvgIpc) is 2.47. The third-order valence-corrected chi connectivity index (χ3v) is 3.17. The summed E-state index contributed by atoms with van der Waals surface area (Å²) in [5.41, 5.74) is -0.134. The van der Waals surface area contributed by atoms with Crippen molar-refractivity contribution in [2.75, 3.05) is 11.9 Å². The Kier molecular flexibility index (Phi) is 5.80. The maximum atomic E-state index is 12.3. The SMILES string of the molecule is O=C(COc1ccc(Cl)cc1Cl)Nc1ccccc1OC(F)(F)F. The summed E-state index contributed by atoms with van der Waals surface area (Å²) in [5.74, 6) is -0.988. The summed E-state index contributed by atoms with van der Waals surface area (Å²) >= 11 is 11.6. The molecule has 0 aliphatic carbocycles. The van der Waals surface area contributed by atoms with Gasteiger partial charge in [0.15, 0.2) is 12.4 Å². The van der Waals surface area contributed by atoms with Crippen LogP contribution in [0, 0.1) is 0 Å². The van der Waals surface area contributed by atoms with E-state index in [0.29, 0.717) is 5.02 Å². The average molecular weight is 380 g/mol. The van der Waals surface area contributed by atoms with Gasteiger partial charge in [0, 0.05) is 5.02 Å². The van der Waals surface area contributed by atoms with Crippen molar-refractivity contribution >= 4 is 34.8 Å². The Morgan fingerprint density at radius 3 is 2.46 bits per heavy atom. The number of rotatable bonds is 5. The van der Waals surface area contributed by atoms with Gasteiger partial charge in [-0.15, -0.1) is 13.2 Å². The molecule has 1 amide bonds. The molecule has 0 saturated heterocycles. The summed E-state index contributed by atoms with van der Waals surface area (Å²) < 4.78 is 46.0. The predicted molar refractivity (Wildman–Crippen MR) is 83.7 cm³/mol. The third kappa shape index (κ3) is 5.50. The van der Waals surface area contributed by atoms with Crippen molar-refractivity contribution in [3.8, 4) is 11.5 Å². The van der Waals surface area contributed by atoms with Gasteiger partial charge >= 0.3 is 6.36 Å². The Morgan fingerprint density at radius 2 is 1.79 bits per heavy atom. The van der Waals surface area contributed by atoms with Crippen molar-refractivity contribution in [1.29, 1.82) is 0 Å². The number of alkyl halides is 3. The van der Waals surface area contributed by atoms with Gasteiger partial charge in [0.25, 0.3) is 5.91 Å². The highest BCUT2D eigenvalue weighted by atomic mass is 35.5. The van der Waals surface area contributed by atoms with Crippen LogP contribution in [0.3, 0.4) is 0 Å². The number of amides is 1. The molecule has 0 unspecified atom stereocenters. The minimum atomic E-state index is -4.87. The first kappa shape index (κ1) is 18.2. The summed E-state index contributed by atoms with van der Waals surface area (Å²) in [4.78, 5) is 11.8. The molecule has 0 saturated carbocycles. The molecule has 9 heteroatoms. The second-order valence-corrected chi connectivity index (χ2v) is 5.30. The Hall–Kier alpha value is -2.12. The van der Waals surface area contributed by atoms with Crippen LogP contribution >= 0.6 is 23.2 Å². The van der Waals surface area contributed by atoms with E-state index in [1.807, 2.05) is 0 Å². The number of benzene rings is 2. The van der Waals surface area contributed by atoms with Crippen LogP contribution < -0.4 is 14.8 Å². The van der Waals surface area contributed by atoms with Crippen LogP contribution in [0.1, 0.15) is 0 Å². The molecule has 0 atom stereocenters. The molecular weight excluding hydrogens is 370 g/mol. The smallest absolute Gasteiger partial charge is 0.482 e. The van der Waals surface area contributed by atoms with E-state index in [-0.39, 0.29) is 16.5 Å². The van der Waals surface area contributed by atoms with Crippen molar-refractivity contribution in [1.82, 2.24) is 0 Å². The normalized spacial score (nSPS) is 11.0. The maximum absolute atomic E-state index is 12.3. The van der Waals surface area contributed by atoms with Crippen molar-refractivity contribution in [3.63, 3.8) is 0 Å². The number of para-hydroxylation sites is 2. The van der Waals surface area contributed by atoms with Gasteiger partial charge in [0.2, 0.25) is 0 Å². The lowest BCUT2D eigenvalue weighted by molar-refractivity contribution is -0.274. The Balaban J connectivity index is 2.00. The minimum absolute atomic E-state index is 0.134. The Bertz CT molecular complexity index is 738. The zero-order chi connectivity index (χ0) is 17.7. The summed E-state index contributed by atoms with van der Waals surface area (Å²) in [6.45, 7) is -0.457. The monoisotopic (exact) mass is 379 g/mol. The van der Waals surface area contributed by atoms with Crippen molar-refractivity contribution < 1.29 is 27.4 Å². The fourth-order valence-electron chi connectivity index (χ4n) is 1.71. The van der Waals surface area contributed by atoms with Gasteiger partial charge in [-0.3, -0.25) is 4.79 Å². The van der Waals surface area contributed by atoms with E-state index in [1.165, 1.54) is 36.4 Å². The van der Waals surface area contributed by atoms with E-state index in [4.69, 9.17) is 27.9 Å². The van der Waals surface area contributed by atoms with Crippen LogP contribution in [-0.2, 0) is 4.79 Å². The molecule has 2 rings (SSSR count). The number of carbonyl (C=O) groups excluding carboxylic acids is 1. The number of hydrogen-bond donors (Lipinski definition) is 1. The molecule has 2 aromatic rings. The van der Waals surface area contributed by atoms with Crippen LogP contribution in [0.4, 0.5) is 18.9 Å². The first-order valence-corrected chi connectivity index (χ1v) is 7.22. The van der Waals surface area contributed by atoms with Gasteiger partial charge < -0.3 is 14.8 Å². The Morgan fingerprint density at radius 1 is 1.08 bits per heavy atom. The lowest BCUT2D eigenvalue weighted by Gasteiger charge is -2.14. The van der Waals surface area contributed by atoms with Gasteiger partial charge in [-0.25, -0.2) is 0 Å². The fraction of sp³-hybridized carbons (Fsp3) is 0.133. The van der Waals surface area contributed by atoms with E-state index in [2.05, 4.69) is 10.1 Å². The summed E-state index contributed by atoms with van der Waals surface area (Å²) in [7, 11) is 0. The summed E-state index contributed by atoms with van der Waals surface area (Å²) in [6.07, 6.45) is -4.87. The number of carbonyl (C=O) groups is 1. The van der Waals surface area contributed by atoms with E-state index < -0.39 is 24.6 Å². The van der Waals surface area contributed by atoms with Gasteiger partial charge in [-0.2, -0.15) is 0 Å². The number of anilines is 1. The van der Waals surface area contributed by atoms with Gasteiger partial charge in [0.05, 0.1) is 10.7 Å². The molecule has 128 valence electrons. The zero-order valence-electron chi connectivity index (χ0n) is 11.9. The first-order chi connectivity index (χ1) is 11.2. The summed E-state index contributed by atoms with van der Waals surface area (Å²) in [6, 6.07) is 9.58. The molecule has 0 radical (unpaired) electrons. The molecule has 2 aromatic carbocycles. The predicted octanol–water partition coefficient (Wildman–Crippen LogP) is 4.91. The van der Waals surface area contributed by atoms with Crippen molar-refractivity contribution in [2.45, 2.75) is 6.36 Å². The quantitative estimate of drug-likeness (QED) is 0.802. The van der Waals surface area contributed by atoms with E-state index in [1.54, 1.807) is 0 Å². The van der Waals surface area contributed by atoms with E-state index in [0.717, 1.165) is 6.07 Å². The highest BCUT2D eigenvalue weighted by Crippen LogP contribution is 2.30. The van der Waals surface area contributed by atoms with Crippen molar-refractivity contribution in [2.24, 2.45) is 0 Å². The van der Waals surface area contributed by atoms with Crippen molar-refractivity contribution in [3.05, 3.63) is 52.5 Å². The molecule has 0 aliphatic rings. The molecule has 0 aromatic heterocycles. The first-order valence-electron chi connectivity index (χ1n) is 6.47. The van der Waals surface area contributed by atoms with E-state index in [9.17, 15) is 18.0 Å². The number of halogens is 5. The molecule has 0 fully saturated rings. The molecule has 4 nitrogen and oxygen atoms in total. The minimum Gasteiger partial charge on any atom is -0.482 e. The number of ether oxygens (including phenoxy) is 2. The fourth-order valence-corrected chi connectivity index (χ4v) is 2.17. The topological polar surface area (TPSA) is 47.6 Å². The third-order valence-electron chi connectivity index (χ3n) is 2.64. The summed E-state index contributed by atoms with van der Waals surface area (Å²) in [5, 5.41) is 2.88. The highest BCUT2D eigenvalue weighted by Gasteiger charge is 2.32. The maximum Gasteiger partial charge on any atom is 0.573 e. The van der Waals surface area contributed by atoms with Crippen LogP contribution in [0.2, 0.25) is 10.0 Å². The molecular formula is C15H10Cl2F3NO3. The largest absolute Gasteiger partial charge is 0.573 e. The highest BCUT2D eigenvalue weighted by molar-refractivity contribution is 6.35.